The first kappa shape index (κ1) is 14.7. The number of unbranched alkanes of at least 4 members (excludes halogenated alkanes) is 2. The summed E-state index contributed by atoms with van der Waals surface area (Å²) in [5, 5.41) is 0. The van der Waals surface area contributed by atoms with Crippen LogP contribution in [0.25, 0.3) is 0 Å². The first-order valence-corrected chi connectivity index (χ1v) is 6.64. The number of halogens is 1. The molecule has 0 bridgehead atoms. The largest absolute Gasteiger partial charge is 0.462 e. The van der Waals surface area contributed by atoms with E-state index in [0.29, 0.717) is 6.42 Å². The molecule has 1 unspecified atom stereocenters. The Morgan fingerprint density at radius 3 is 2.39 bits per heavy atom. The molecule has 1 aromatic rings. The highest BCUT2D eigenvalue weighted by molar-refractivity contribution is 5.77. The molecule has 0 aliphatic rings. The minimum atomic E-state index is -2.06. The molecule has 0 fully saturated rings. The van der Waals surface area contributed by atoms with E-state index in [4.69, 9.17) is 4.74 Å². The number of rotatable bonds is 8. The molecule has 0 aromatic carbocycles. The summed E-state index contributed by atoms with van der Waals surface area (Å²) in [5.41, 5.74) is 0. The van der Waals surface area contributed by atoms with Crippen molar-refractivity contribution in [2.45, 2.75) is 51.7 Å². The highest BCUT2D eigenvalue weighted by Gasteiger charge is 2.41. The number of alkyl halides is 1. The Kier molecular flexibility index (Phi) is 5.89. The van der Waals surface area contributed by atoms with Gasteiger partial charge in [-0.05, 0) is 25.0 Å². The second-order valence-corrected chi connectivity index (χ2v) is 4.44. The van der Waals surface area contributed by atoms with Gasteiger partial charge in [-0.2, -0.15) is 0 Å². The standard InChI is InChI=1S/C14H22FNO2/c1-3-5-9-14(15,16-10-7-8-11-16)13(17)18-12-6-4-2/h7-8,10-11H,3-6,9,12H2,1-2H3. The van der Waals surface area contributed by atoms with Gasteiger partial charge in [-0.3, -0.25) is 0 Å². The summed E-state index contributed by atoms with van der Waals surface area (Å²) in [6, 6.07) is 3.42. The quantitative estimate of drug-likeness (QED) is 0.524. The number of hydrogen-bond donors (Lipinski definition) is 0. The van der Waals surface area contributed by atoms with E-state index in [2.05, 4.69) is 0 Å². The lowest BCUT2D eigenvalue weighted by Gasteiger charge is -2.25. The number of aromatic nitrogens is 1. The van der Waals surface area contributed by atoms with Crippen molar-refractivity contribution in [1.29, 1.82) is 0 Å². The Morgan fingerprint density at radius 1 is 1.22 bits per heavy atom. The highest BCUT2D eigenvalue weighted by atomic mass is 19.1. The van der Waals surface area contributed by atoms with Crippen LogP contribution in [0.4, 0.5) is 4.39 Å². The number of carbonyl (C=O) groups excluding carboxylic acids is 1. The lowest BCUT2D eigenvalue weighted by atomic mass is 10.1. The summed E-state index contributed by atoms with van der Waals surface area (Å²) in [4.78, 5) is 11.9. The van der Waals surface area contributed by atoms with Crippen molar-refractivity contribution in [3.8, 4) is 0 Å². The van der Waals surface area contributed by atoms with Gasteiger partial charge in [0.2, 0.25) is 0 Å². The fraction of sp³-hybridized carbons (Fsp3) is 0.643. The van der Waals surface area contributed by atoms with Gasteiger partial charge in [0.05, 0.1) is 6.61 Å². The SMILES string of the molecule is CCCCOC(=O)C(F)(CCCC)n1cccc1. The smallest absolute Gasteiger partial charge is 0.365 e. The molecule has 1 heterocycles. The fourth-order valence-electron chi connectivity index (χ4n) is 1.74. The van der Waals surface area contributed by atoms with E-state index in [1.54, 1.807) is 24.5 Å². The molecule has 4 heteroatoms. The van der Waals surface area contributed by atoms with Crippen LogP contribution in [0.3, 0.4) is 0 Å². The third-order valence-corrected chi connectivity index (χ3v) is 2.92. The maximum absolute atomic E-state index is 14.9. The van der Waals surface area contributed by atoms with Gasteiger partial charge >= 0.3 is 5.97 Å². The van der Waals surface area contributed by atoms with Crippen molar-refractivity contribution in [3.05, 3.63) is 24.5 Å². The van der Waals surface area contributed by atoms with Crippen molar-refractivity contribution in [2.24, 2.45) is 0 Å². The Balaban J connectivity index is 2.74. The van der Waals surface area contributed by atoms with Crippen LogP contribution in [-0.4, -0.2) is 17.1 Å². The number of ether oxygens (including phenoxy) is 1. The topological polar surface area (TPSA) is 31.2 Å². The summed E-state index contributed by atoms with van der Waals surface area (Å²) < 4.78 is 21.2. The average molecular weight is 255 g/mol. The number of carbonyl (C=O) groups is 1. The van der Waals surface area contributed by atoms with Gasteiger partial charge in [-0.1, -0.05) is 26.7 Å². The maximum Gasteiger partial charge on any atom is 0.365 e. The molecule has 1 rings (SSSR count). The monoisotopic (exact) mass is 255 g/mol. The second kappa shape index (κ2) is 7.19. The van der Waals surface area contributed by atoms with E-state index in [9.17, 15) is 9.18 Å². The lowest BCUT2D eigenvalue weighted by molar-refractivity contribution is -0.167. The summed E-state index contributed by atoms with van der Waals surface area (Å²) >= 11 is 0. The molecule has 1 aromatic heterocycles. The first-order chi connectivity index (χ1) is 8.65. The molecule has 0 saturated carbocycles. The van der Waals surface area contributed by atoms with Crippen molar-refractivity contribution in [2.75, 3.05) is 6.61 Å². The molecule has 3 nitrogen and oxygen atoms in total. The third kappa shape index (κ3) is 3.59. The highest BCUT2D eigenvalue weighted by Crippen LogP contribution is 2.27. The van der Waals surface area contributed by atoms with Crippen LogP contribution in [-0.2, 0) is 15.3 Å². The van der Waals surface area contributed by atoms with Crippen molar-refractivity contribution >= 4 is 5.97 Å². The van der Waals surface area contributed by atoms with Gasteiger partial charge in [0, 0.05) is 18.8 Å². The number of hydrogen-bond acceptors (Lipinski definition) is 2. The van der Waals surface area contributed by atoms with Gasteiger partial charge < -0.3 is 9.30 Å². The molecule has 0 radical (unpaired) electrons. The molecule has 0 aliphatic heterocycles. The minimum Gasteiger partial charge on any atom is -0.462 e. The Hall–Kier alpha value is -1.32. The van der Waals surface area contributed by atoms with E-state index in [1.807, 2.05) is 13.8 Å². The molecule has 0 saturated heterocycles. The van der Waals surface area contributed by atoms with Crippen LogP contribution in [0.2, 0.25) is 0 Å². The Labute approximate surface area is 108 Å². The van der Waals surface area contributed by atoms with E-state index in [0.717, 1.165) is 19.3 Å². The average Bonchev–Trinajstić information content (AvgIpc) is 2.90. The normalized spacial score (nSPS) is 14.2. The maximum atomic E-state index is 14.9. The molecule has 18 heavy (non-hydrogen) atoms. The van der Waals surface area contributed by atoms with Gasteiger partial charge in [0.25, 0.3) is 5.79 Å². The van der Waals surface area contributed by atoms with Crippen LogP contribution >= 0.6 is 0 Å². The molecular formula is C14H22FNO2. The van der Waals surface area contributed by atoms with Gasteiger partial charge in [0.1, 0.15) is 0 Å². The molecule has 1 atom stereocenters. The molecule has 0 N–H and O–H groups in total. The molecule has 0 amide bonds. The van der Waals surface area contributed by atoms with Crippen LogP contribution in [0, 0.1) is 0 Å². The molecular weight excluding hydrogens is 233 g/mol. The van der Waals surface area contributed by atoms with Gasteiger partial charge in [-0.15, -0.1) is 0 Å². The molecule has 102 valence electrons. The predicted molar refractivity (Wildman–Crippen MR) is 68.9 cm³/mol. The zero-order chi connectivity index (χ0) is 13.4. The summed E-state index contributed by atoms with van der Waals surface area (Å²) in [6.45, 7) is 4.26. The summed E-state index contributed by atoms with van der Waals surface area (Å²) in [5.74, 6) is -2.84. The van der Waals surface area contributed by atoms with Crippen molar-refractivity contribution < 1.29 is 13.9 Å². The summed E-state index contributed by atoms with van der Waals surface area (Å²) in [7, 11) is 0. The lowest BCUT2D eigenvalue weighted by Crippen LogP contribution is -2.38. The fourth-order valence-corrected chi connectivity index (χ4v) is 1.74. The van der Waals surface area contributed by atoms with E-state index >= 15 is 0 Å². The zero-order valence-corrected chi connectivity index (χ0v) is 11.2. The number of esters is 1. The van der Waals surface area contributed by atoms with E-state index < -0.39 is 11.8 Å². The summed E-state index contributed by atoms with van der Waals surface area (Å²) in [6.07, 6.45) is 6.47. The Bertz CT molecular complexity index is 351. The van der Waals surface area contributed by atoms with Crippen LogP contribution in [0.1, 0.15) is 46.0 Å². The third-order valence-electron chi connectivity index (χ3n) is 2.92. The first-order valence-electron chi connectivity index (χ1n) is 6.64. The van der Waals surface area contributed by atoms with Crippen molar-refractivity contribution in [3.63, 3.8) is 0 Å². The van der Waals surface area contributed by atoms with Crippen LogP contribution < -0.4 is 0 Å². The molecule has 0 aliphatic carbocycles. The van der Waals surface area contributed by atoms with E-state index in [-0.39, 0.29) is 13.0 Å². The number of nitrogens with zero attached hydrogens (tertiary/aromatic N) is 1. The van der Waals surface area contributed by atoms with Gasteiger partial charge in [0.15, 0.2) is 0 Å². The van der Waals surface area contributed by atoms with Crippen molar-refractivity contribution in [1.82, 2.24) is 4.57 Å². The Morgan fingerprint density at radius 2 is 1.83 bits per heavy atom. The minimum absolute atomic E-state index is 0.156. The van der Waals surface area contributed by atoms with E-state index in [1.165, 1.54) is 4.57 Å². The zero-order valence-electron chi connectivity index (χ0n) is 11.2. The van der Waals surface area contributed by atoms with Crippen LogP contribution in [0.5, 0.6) is 0 Å². The molecule has 0 spiro atoms. The second-order valence-electron chi connectivity index (χ2n) is 4.44. The predicted octanol–water partition coefficient (Wildman–Crippen LogP) is 3.64. The van der Waals surface area contributed by atoms with Gasteiger partial charge in [-0.25, -0.2) is 9.18 Å². The van der Waals surface area contributed by atoms with Crippen LogP contribution in [0.15, 0.2) is 24.5 Å².